The minimum Gasteiger partial charge on any atom is -0.368 e. The monoisotopic (exact) mass is 393 g/mol. The molecule has 2 atom stereocenters. The van der Waals surface area contributed by atoms with E-state index >= 15 is 0 Å². The second kappa shape index (κ2) is 9.44. The fraction of sp³-hybridized carbons (Fsp3) is 0.905. The first-order valence-electron chi connectivity index (χ1n) is 11.0. The number of piperidine rings is 1. The van der Waals surface area contributed by atoms with Gasteiger partial charge in [0, 0.05) is 58.5 Å². The Morgan fingerprint density at radius 3 is 2.43 bits per heavy atom. The molecule has 0 spiro atoms. The summed E-state index contributed by atoms with van der Waals surface area (Å²) in [4.78, 5) is 23.9. The number of hydrogen-bond acceptors (Lipinski definition) is 4. The predicted octanol–water partition coefficient (Wildman–Crippen LogP) is 1.40. The highest BCUT2D eigenvalue weighted by atomic mass is 16.5. The van der Waals surface area contributed by atoms with Crippen LogP contribution in [-0.2, 0) is 9.53 Å². The zero-order chi connectivity index (χ0) is 20.1. The summed E-state index contributed by atoms with van der Waals surface area (Å²) in [6, 6.07) is 0. The van der Waals surface area contributed by atoms with Crippen molar-refractivity contribution in [1.29, 1.82) is 0 Å². The van der Waals surface area contributed by atoms with Gasteiger partial charge in [-0.25, -0.2) is 0 Å². The molecule has 0 aliphatic carbocycles. The van der Waals surface area contributed by atoms with Crippen molar-refractivity contribution in [2.45, 2.75) is 58.1 Å². The fourth-order valence-corrected chi connectivity index (χ4v) is 4.59. The number of piperazine rings is 1. The number of amides is 1. The van der Waals surface area contributed by atoms with Gasteiger partial charge in [-0.2, -0.15) is 0 Å². The first kappa shape index (κ1) is 21.4. The van der Waals surface area contributed by atoms with Crippen LogP contribution in [0.2, 0.25) is 0 Å². The van der Waals surface area contributed by atoms with Gasteiger partial charge in [0.1, 0.15) is 6.10 Å². The number of carbonyl (C=O) groups excluding carboxylic acids is 1. The van der Waals surface area contributed by atoms with E-state index < -0.39 is 0 Å². The summed E-state index contributed by atoms with van der Waals surface area (Å²) in [5, 5.41) is 3.60. The Kier molecular flexibility index (Phi) is 7.20. The number of nitrogens with zero attached hydrogens (tertiary/aromatic N) is 4. The third kappa shape index (κ3) is 5.17. The quantitative estimate of drug-likeness (QED) is 0.578. The normalized spacial score (nSPS) is 27.9. The SMILES string of the molecule is CN=C(NCC(C)(C)N1CCCC(C)C1)N1CCN(C(=O)C2CCCO2)CC1. The third-order valence-electron chi connectivity index (χ3n) is 6.50. The van der Waals surface area contributed by atoms with Crippen LogP contribution < -0.4 is 5.32 Å². The first-order chi connectivity index (χ1) is 13.4. The summed E-state index contributed by atoms with van der Waals surface area (Å²) in [5.74, 6) is 1.89. The molecule has 0 bridgehead atoms. The molecule has 7 nitrogen and oxygen atoms in total. The van der Waals surface area contributed by atoms with Gasteiger partial charge < -0.3 is 19.9 Å². The summed E-state index contributed by atoms with van der Waals surface area (Å²) in [6.45, 7) is 14.1. The Bertz CT molecular complexity index is 551. The van der Waals surface area contributed by atoms with Gasteiger partial charge in [0.15, 0.2) is 5.96 Å². The average molecular weight is 394 g/mol. The molecule has 3 rings (SSSR count). The zero-order valence-corrected chi connectivity index (χ0v) is 18.2. The number of carbonyl (C=O) groups is 1. The lowest BCUT2D eigenvalue weighted by molar-refractivity contribution is -0.142. The molecule has 3 heterocycles. The average Bonchev–Trinajstić information content (AvgIpc) is 3.23. The van der Waals surface area contributed by atoms with E-state index in [2.05, 4.69) is 40.9 Å². The Labute approximate surface area is 170 Å². The van der Waals surface area contributed by atoms with E-state index in [-0.39, 0.29) is 17.6 Å². The van der Waals surface area contributed by atoms with Gasteiger partial charge in [0.05, 0.1) is 0 Å². The van der Waals surface area contributed by atoms with E-state index in [1.807, 2.05) is 11.9 Å². The lowest BCUT2D eigenvalue weighted by Crippen LogP contribution is -2.59. The third-order valence-corrected chi connectivity index (χ3v) is 6.50. The molecule has 0 aromatic rings. The van der Waals surface area contributed by atoms with Crippen LogP contribution in [0.15, 0.2) is 4.99 Å². The van der Waals surface area contributed by atoms with E-state index in [0.29, 0.717) is 0 Å². The summed E-state index contributed by atoms with van der Waals surface area (Å²) in [6.07, 6.45) is 4.29. The highest BCUT2D eigenvalue weighted by Crippen LogP contribution is 2.23. The number of likely N-dealkylation sites (tertiary alicyclic amines) is 1. The van der Waals surface area contributed by atoms with Crippen LogP contribution in [0.25, 0.3) is 0 Å². The molecule has 0 radical (unpaired) electrons. The minimum atomic E-state index is -0.211. The zero-order valence-electron chi connectivity index (χ0n) is 18.2. The van der Waals surface area contributed by atoms with Crippen molar-refractivity contribution in [3.05, 3.63) is 0 Å². The molecule has 0 aromatic heterocycles. The van der Waals surface area contributed by atoms with E-state index in [1.165, 1.54) is 25.9 Å². The van der Waals surface area contributed by atoms with E-state index in [1.54, 1.807) is 0 Å². The van der Waals surface area contributed by atoms with Gasteiger partial charge in [-0.1, -0.05) is 6.92 Å². The van der Waals surface area contributed by atoms with E-state index in [4.69, 9.17) is 4.74 Å². The molecule has 160 valence electrons. The minimum absolute atomic E-state index is 0.0994. The Balaban J connectivity index is 1.47. The maximum Gasteiger partial charge on any atom is 0.251 e. The van der Waals surface area contributed by atoms with Crippen molar-refractivity contribution in [3.63, 3.8) is 0 Å². The second-order valence-corrected chi connectivity index (χ2v) is 9.22. The Morgan fingerprint density at radius 2 is 1.82 bits per heavy atom. The topological polar surface area (TPSA) is 60.4 Å². The largest absolute Gasteiger partial charge is 0.368 e. The highest BCUT2D eigenvalue weighted by Gasteiger charge is 2.33. The molecule has 1 N–H and O–H groups in total. The van der Waals surface area contributed by atoms with Crippen LogP contribution in [0, 0.1) is 5.92 Å². The molecule has 0 aromatic carbocycles. The number of rotatable bonds is 4. The van der Waals surface area contributed by atoms with Gasteiger partial charge in [-0.15, -0.1) is 0 Å². The van der Waals surface area contributed by atoms with Gasteiger partial charge in [-0.3, -0.25) is 14.7 Å². The van der Waals surface area contributed by atoms with Crippen LogP contribution in [0.1, 0.15) is 46.5 Å². The molecular weight excluding hydrogens is 354 g/mol. The molecule has 3 fully saturated rings. The van der Waals surface area contributed by atoms with Crippen molar-refractivity contribution in [2.24, 2.45) is 10.9 Å². The van der Waals surface area contributed by atoms with Crippen LogP contribution in [0.5, 0.6) is 0 Å². The maximum atomic E-state index is 12.5. The maximum absolute atomic E-state index is 12.5. The number of ether oxygens (including phenoxy) is 1. The molecule has 1 amide bonds. The lowest BCUT2D eigenvalue weighted by atomic mass is 9.93. The number of hydrogen-bond donors (Lipinski definition) is 1. The number of aliphatic imine (C=N–C) groups is 1. The first-order valence-corrected chi connectivity index (χ1v) is 11.0. The molecule has 3 saturated heterocycles. The number of nitrogens with one attached hydrogen (secondary N) is 1. The van der Waals surface area contributed by atoms with Crippen molar-refractivity contribution in [2.75, 3.05) is 59.5 Å². The van der Waals surface area contributed by atoms with Crippen molar-refractivity contribution in [1.82, 2.24) is 20.0 Å². The molecule has 0 saturated carbocycles. The van der Waals surface area contributed by atoms with Crippen molar-refractivity contribution in [3.8, 4) is 0 Å². The highest BCUT2D eigenvalue weighted by molar-refractivity contribution is 5.82. The van der Waals surface area contributed by atoms with Crippen molar-refractivity contribution < 1.29 is 9.53 Å². The molecular formula is C21H39N5O2. The van der Waals surface area contributed by atoms with Crippen LogP contribution in [-0.4, -0.2) is 97.7 Å². The molecule has 3 aliphatic rings. The fourth-order valence-electron chi connectivity index (χ4n) is 4.59. The van der Waals surface area contributed by atoms with Gasteiger partial charge in [-0.05, 0) is 52.0 Å². The summed E-state index contributed by atoms with van der Waals surface area (Å²) in [5.41, 5.74) is 0.0994. The summed E-state index contributed by atoms with van der Waals surface area (Å²) < 4.78 is 5.56. The van der Waals surface area contributed by atoms with Crippen LogP contribution >= 0.6 is 0 Å². The summed E-state index contributed by atoms with van der Waals surface area (Å²) >= 11 is 0. The smallest absolute Gasteiger partial charge is 0.251 e. The lowest BCUT2D eigenvalue weighted by Gasteiger charge is -2.44. The van der Waals surface area contributed by atoms with E-state index in [0.717, 1.165) is 64.0 Å². The van der Waals surface area contributed by atoms with Gasteiger partial charge in [0.2, 0.25) is 0 Å². The van der Waals surface area contributed by atoms with Gasteiger partial charge in [0.25, 0.3) is 5.91 Å². The Morgan fingerprint density at radius 1 is 1.11 bits per heavy atom. The van der Waals surface area contributed by atoms with Crippen LogP contribution in [0.3, 0.4) is 0 Å². The van der Waals surface area contributed by atoms with Crippen LogP contribution in [0.4, 0.5) is 0 Å². The molecule has 2 unspecified atom stereocenters. The van der Waals surface area contributed by atoms with Gasteiger partial charge >= 0.3 is 0 Å². The standard InChI is InChI=1S/C21H39N5O2/c1-17-7-5-9-26(15-17)21(2,3)16-23-20(22-4)25-12-10-24(11-13-25)19(27)18-8-6-14-28-18/h17-18H,5-16H2,1-4H3,(H,22,23). The summed E-state index contributed by atoms with van der Waals surface area (Å²) in [7, 11) is 1.85. The second-order valence-electron chi connectivity index (χ2n) is 9.22. The molecule has 28 heavy (non-hydrogen) atoms. The Hall–Kier alpha value is -1.34. The molecule has 3 aliphatic heterocycles. The number of guanidine groups is 1. The molecule has 7 heteroatoms. The van der Waals surface area contributed by atoms with Crippen molar-refractivity contribution >= 4 is 11.9 Å². The predicted molar refractivity (Wildman–Crippen MR) is 113 cm³/mol. The van der Waals surface area contributed by atoms with E-state index in [9.17, 15) is 4.79 Å².